The first-order chi connectivity index (χ1) is 17.5. The molecule has 2 aliphatic heterocycles. The Labute approximate surface area is 214 Å². The Bertz CT molecular complexity index is 989. The highest BCUT2D eigenvalue weighted by Crippen LogP contribution is 2.20. The summed E-state index contributed by atoms with van der Waals surface area (Å²) >= 11 is 0. The van der Waals surface area contributed by atoms with Crippen LogP contribution in [-0.2, 0) is 27.4 Å². The lowest BCUT2D eigenvalue weighted by Gasteiger charge is -2.35. The SMILES string of the molecule is CC1CN(Cc2ccccc2CNC(=O)C2CCCN(C(=O)CCOc3ccccc3)C2)CC(C)O1. The van der Waals surface area contributed by atoms with Gasteiger partial charge in [-0.25, -0.2) is 0 Å². The van der Waals surface area contributed by atoms with Crippen LogP contribution in [0.1, 0.15) is 44.2 Å². The molecule has 2 amide bonds. The minimum atomic E-state index is -0.175. The number of likely N-dealkylation sites (tertiary alicyclic amines) is 1. The van der Waals surface area contributed by atoms with E-state index in [0.717, 1.165) is 43.8 Å². The highest BCUT2D eigenvalue weighted by atomic mass is 16.5. The topological polar surface area (TPSA) is 71.1 Å². The summed E-state index contributed by atoms with van der Waals surface area (Å²) in [6.45, 7) is 8.91. The van der Waals surface area contributed by atoms with Crippen LogP contribution >= 0.6 is 0 Å². The summed E-state index contributed by atoms with van der Waals surface area (Å²) in [7, 11) is 0. The van der Waals surface area contributed by atoms with Crippen molar-refractivity contribution in [2.75, 3.05) is 32.8 Å². The Hall–Kier alpha value is -2.90. The number of ether oxygens (including phenoxy) is 2. The van der Waals surface area contributed by atoms with Gasteiger partial charge in [-0.1, -0.05) is 42.5 Å². The number of rotatable bonds is 9. The fraction of sp³-hybridized carbons (Fsp3) is 0.517. The molecule has 3 unspecified atom stereocenters. The zero-order valence-corrected chi connectivity index (χ0v) is 21.5. The predicted octanol–water partition coefficient (Wildman–Crippen LogP) is 3.62. The molecular formula is C29H39N3O4. The van der Waals surface area contributed by atoms with Crippen LogP contribution in [0.5, 0.6) is 5.75 Å². The standard InChI is InChI=1S/C29H39N3O4/c1-22-18-31(19-23(2)36-22)20-25-10-7-6-9-24(25)17-30-29(34)26-11-8-15-32(21-26)28(33)14-16-35-27-12-4-3-5-13-27/h3-7,9-10,12-13,22-23,26H,8,11,14-21H2,1-2H3,(H,30,34). The smallest absolute Gasteiger partial charge is 0.226 e. The van der Waals surface area contributed by atoms with E-state index < -0.39 is 0 Å². The largest absolute Gasteiger partial charge is 0.493 e. The molecule has 0 radical (unpaired) electrons. The number of carbonyl (C=O) groups excluding carboxylic acids is 2. The summed E-state index contributed by atoms with van der Waals surface area (Å²) in [5.74, 6) is 0.657. The Morgan fingerprint density at radius 3 is 2.42 bits per heavy atom. The summed E-state index contributed by atoms with van der Waals surface area (Å²) in [4.78, 5) is 30.0. The van der Waals surface area contributed by atoms with E-state index in [1.807, 2.05) is 41.3 Å². The molecule has 4 rings (SSSR count). The maximum absolute atomic E-state index is 13.0. The van der Waals surface area contributed by atoms with Gasteiger partial charge in [0.1, 0.15) is 5.75 Å². The number of piperidine rings is 1. The third kappa shape index (κ3) is 7.55. The molecular weight excluding hydrogens is 454 g/mol. The van der Waals surface area contributed by atoms with E-state index in [0.29, 0.717) is 32.7 Å². The average Bonchev–Trinajstić information content (AvgIpc) is 2.88. The molecule has 2 fully saturated rings. The summed E-state index contributed by atoms with van der Waals surface area (Å²) in [5, 5.41) is 3.14. The molecule has 1 N–H and O–H groups in total. The van der Waals surface area contributed by atoms with Gasteiger partial charge in [-0.05, 0) is 49.9 Å². The van der Waals surface area contributed by atoms with Crippen LogP contribution in [0.2, 0.25) is 0 Å². The van der Waals surface area contributed by atoms with Crippen LogP contribution in [0.3, 0.4) is 0 Å². The molecule has 2 heterocycles. The van der Waals surface area contributed by atoms with Gasteiger partial charge in [0.05, 0.1) is 31.2 Å². The van der Waals surface area contributed by atoms with E-state index in [9.17, 15) is 9.59 Å². The minimum absolute atomic E-state index is 0.0245. The van der Waals surface area contributed by atoms with Crippen LogP contribution in [0.4, 0.5) is 0 Å². The second kappa shape index (κ2) is 12.9. The van der Waals surface area contributed by atoms with Crippen LogP contribution < -0.4 is 10.1 Å². The summed E-state index contributed by atoms with van der Waals surface area (Å²) in [6, 6.07) is 17.8. The van der Waals surface area contributed by atoms with E-state index in [1.54, 1.807) is 0 Å². The molecule has 7 heteroatoms. The van der Waals surface area contributed by atoms with Crippen molar-refractivity contribution in [3.63, 3.8) is 0 Å². The fourth-order valence-electron chi connectivity index (χ4n) is 5.21. The highest BCUT2D eigenvalue weighted by molar-refractivity contribution is 5.81. The van der Waals surface area contributed by atoms with Gasteiger partial charge < -0.3 is 19.7 Å². The van der Waals surface area contributed by atoms with Gasteiger partial charge in [0.25, 0.3) is 0 Å². The monoisotopic (exact) mass is 493 g/mol. The molecule has 2 aliphatic rings. The Morgan fingerprint density at radius 1 is 0.972 bits per heavy atom. The van der Waals surface area contributed by atoms with Gasteiger partial charge in [0, 0.05) is 39.3 Å². The second-order valence-corrected chi connectivity index (χ2v) is 10.0. The summed E-state index contributed by atoms with van der Waals surface area (Å²) < 4.78 is 11.5. The number of amides is 2. The van der Waals surface area contributed by atoms with Crippen molar-refractivity contribution in [1.82, 2.24) is 15.1 Å². The first-order valence-electron chi connectivity index (χ1n) is 13.2. The maximum Gasteiger partial charge on any atom is 0.226 e. The van der Waals surface area contributed by atoms with Gasteiger partial charge >= 0.3 is 0 Å². The van der Waals surface area contributed by atoms with Crippen molar-refractivity contribution in [1.29, 1.82) is 0 Å². The van der Waals surface area contributed by atoms with E-state index in [1.165, 1.54) is 5.56 Å². The Kier molecular flexibility index (Phi) is 9.36. The van der Waals surface area contributed by atoms with Gasteiger partial charge in [-0.15, -0.1) is 0 Å². The first kappa shape index (κ1) is 26.2. The Balaban J connectivity index is 1.25. The lowest BCUT2D eigenvalue weighted by Crippen LogP contribution is -2.46. The third-order valence-corrected chi connectivity index (χ3v) is 6.93. The van der Waals surface area contributed by atoms with Gasteiger partial charge in [0.2, 0.25) is 11.8 Å². The zero-order chi connectivity index (χ0) is 25.3. The number of para-hydroxylation sites is 1. The second-order valence-electron chi connectivity index (χ2n) is 10.0. The molecule has 7 nitrogen and oxygen atoms in total. The van der Waals surface area contributed by atoms with E-state index >= 15 is 0 Å². The molecule has 194 valence electrons. The number of nitrogens with one attached hydrogen (secondary N) is 1. The summed E-state index contributed by atoms with van der Waals surface area (Å²) in [5.41, 5.74) is 2.37. The minimum Gasteiger partial charge on any atom is -0.493 e. The molecule has 0 saturated carbocycles. The van der Waals surface area contributed by atoms with Crippen LogP contribution in [0.15, 0.2) is 54.6 Å². The molecule has 0 aromatic heterocycles. The van der Waals surface area contributed by atoms with Crippen molar-refractivity contribution in [2.24, 2.45) is 5.92 Å². The van der Waals surface area contributed by atoms with Crippen LogP contribution in [-0.4, -0.2) is 66.6 Å². The number of morpholine rings is 1. The molecule has 0 aliphatic carbocycles. The number of hydrogen-bond donors (Lipinski definition) is 1. The lowest BCUT2D eigenvalue weighted by atomic mass is 9.96. The van der Waals surface area contributed by atoms with Crippen molar-refractivity contribution in [2.45, 2.75) is 58.4 Å². The van der Waals surface area contributed by atoms with Crippen molar-refractivity contribution < 1.29 is 19.1 Å². The van der Waals surface area contributed by atoms with Gasteiger partial charge in [-0.2, -0.15) is 0 Å². The van der Waals surface area contributed by atoms with Crippen molar-refractivity contribution in [3.05, 3.63) is 65.7 Å². The number of carbonyl (C=O) groups is 2. The quantitative estimate of drug-likeness (QED) is 0.578. The average molecular weight is 494 g/mol. The van der Waals surface area contributed by atoms with Crippen molar-refractivity contribution in [3.8, 4) is 5.75 Å². The van der Waals surface area contributed by atoms with E-state index in [2.05, 4.69) is 42.3 Å². The highest BCUT2D eigenvalue weighted by Gasteiger charge is 2.28. The number of hydrogen-bond acceptors (Lipinski definition) is 5. The first-order valence-corrected chi connectivity index (χ1v) is 13.2. The Morgan fingerprint density at radius 2 is 1.67 bits per heavy atom. The number of nitrogens with zero attached hydrogens (tertiary/aromatic N) is 2. The van der Waals surface area contributed by atoms with Crippen molar-refractivity contribution >= 4 is 11.8 Å². The third-order valence-electron chi connectivity index (χ3n) is 6.93. The lowest BCUT2D eigenvalue weighted by molar-refractivity contribution is -0.136. The normalized spacial score (nSPS) is 22.7. The molecule has 36 heavy (non-hydrogen) atoms. The van der Waals surface area contributed by atoms with Crippen LogP contribution in [0.25, 0.3) is 0 Å². The zero-order valence-electron chi connectivity index (χ0n) is 21.5. The van der Waals surface area contributed by atoms with E-state index in [4.69, 9.17) is 9.47 Å². The van der Waals surface area contributed by atoms with Gasteiger partial charge in [0.15, 0.2) is 0 Å². The molecule has 3 atom stereocenters. The van der Waals surface area contributed by atoms with Crippen LogP contribution in [0, 0.1) is 5.92 Å². The predicted molar refractivity (Wildman–Crippen MR) is 139 cm³/mol. The van der Waals surface area contributed by atoms with Gasteiger partial charge in [-0.3, -0.25) is 14.5 Å². The molecule has 0 bridgehead atoms. The molecule has 2 saturated heterocycles. The molecule has 2 aromatic rings. The molecule has 0 spiro atoms. The number of benzene rings is 2. The maximum atomic E-state index is 13.0. The molecule has 2 aromatic carbocycles. The fourth-order valence-corrected chi connectivity index (χ4v) is 5.21. The summed E-state index contributed by atoms with van der Waals surface area (Å²) in [6.07, 6.45) is 2.41. The van der Waals surface area contributed by atoms with E-state index in [-0.39, 0.29) is 29.9 Å².